The summed E-state index contributed by atoms with van der Waals surface area (Å²) in [5.74, 6) is 1.03. The summed E-state index contributed by atoms with van der Waals surface area (Å²) >= 11 is 0. The van der Waals surface area contributed by atoms with E-state index in [4.69, 9.17) is 10.00 Å². The number of hydrogen-bond acceptors (Lipinski definition) is 6. The number of nitriles is 1. The number of benzene rings is 1. The van der Waals surface area contributed by atoms with Gasteiger partial charge in [-0.25, -0.2) is 0 Å². The Bertz CT molecular complexity index is 626. The van der Waals surface area contributed by atoms with Crippen LogP contribution in [-0.2, 0) is 0 Å². The summed E-state index contributed by atoms with van der Waals surface area (Å²) in [6.45, 7) is 1.94. The molecule has 0 fully saturated rings. The Hall–Kier alpha value is -2.88. The molecule has 0 atom stereocenters. The van der Waals surface area contributed by atoms with Crippen LogP contribution in [-0.4, -0.2) is 27.7 Å². The fourth-order valence-electron chi connectivity index (χ4n) is 1.50. The molecule has 0 spiro atoms. The Kier molecular flexibility index (Phi) is 3.73. The van der Waals surface area contributed by atoms with Crippen LogP contribution in [0.3, 0.4) is 0 Å². The van der Waals surface area contributed by atoms with Crippen molar-refractivity contribution in [3.63, 3.8) is 0 Å². The van der Waals surface area contributed by atoms with Crippen LogP contribution in [0.15, 0.2) is 24.4 Å². The van der Waals surface area contributed by atoms with Crippen LogP contribution in [0.1, 0.15) is 11.4 Å². The standard InChI is InChI=1S/C12H12N6O/c1-8-5-10(19-2)3-4-11(8)14-7-9(6-13)12-15-17-18-16-12/h3-5,7,14H,1-2H3,(H,15,16,17,18). The molecule has 1 aromatic heterocycles. The fourth-order valence-corrected chi connectivity index (χ4v) is 1.50. The summed E-state index contributed by atoms with van der Waals surface area (Å²) in [5, 5.41) is 25.3. The molecule has 1 aromatic carbocycles. The number of anilines is 1. The maximum absolute atomic E-state index is 9.03. The van der Waals surface area contributed by atoms with Gasteiger partial charge in [-0.3, -0.25) is 0 Å². The average Bonchev–Trinajstić information content (AvgIpc) is 2.95. The first-order valence-corrected chi connectivity index (χ1v) is 5.50. The molecule has 0 aliphatic rings. The van der Waals surface area contributed by atoms with Gasteiger partial charge in [-0.05, 0) is 35.9 Å². The van der Waals surface area contributed by atoms with E-state index < -0.39 is 0 Å². The van der Waals surface area contributed by atoms with Gasteiger partial charge in [0.05, 0.1) is 7.11 Å². The average molecular weight is 256 g/mol. The maximum Gasteiger partial charge on any atom is 0.216 e. The molecule has 2 rings (SSSR count). The number of allylic oxidation sites excluding steroid dienone is 1. The molecule has 96 valence electrons. The number of ether oxygens (including phenoxy) is 1. The molecule has 7 heteroatoms. The minimum Gasteiger partial charge on any atom is -0.497 e. The van der Waals surface area contributed by atoms with Gasteiger partial charge in [-0.1, -0.05) is 0 Å². The highest BCUT2D eigenvalue weighted by atomic mass is 16.5. The van der Waals surface area contributed by atoms with Gasteiger partial charge in [-0.15, -0.1) is 10.2 Å². The lowest BCUT2D eigenvalue weighted by Crippen LogP contribution is -1.95. The number of aryl methyl sites for hydroxylation is 1. The Morgan fingerprint density at radius 2 is 2.37 bits per heavy atom. The molecule has 7 nitrogen and oxygen atoms in total. The largest absolute Gasteiger partial charge is 0.497 e. The van der Waals surface area contributed by atoms with E-state index in [-0.39, 0.29) is 5.82 Å². The van der Waals surface area contributed by atoms with Gasteiger partial charge in [0.25, 0.3) is 0 Å². The third-order valence-electron chi connectivity index (χ3n) is 2.51. The van der Waals surface area contributed by atoms with Crippen molar-refractivity contribution in [2.24, 2.45) is 0 Å². The van der Waals surface area contributed by atoms with Crippen molar-refractivity contribution in [3.05, 3.63) is 35.8 Å². The predicted molar refractivity (Wildman–Crippen MR) is 69.1 cm³/mol. The zero-order valence-electron chi connectivity index (χ0n) is 10.5. The fraction of sp³-hybridized carbons (Fsp3) is 0.167. The number of nitrogens with one attached hydrogen (secondary N) is 2. The van der Waals surface area contributed by atoms with Crippen molar-refractivity contribution in [1.29, 1.82) is 5.26 Å². The minimum absolute atomic E-state index is 0.251. The van der Waals surface area contributed by atoms with Crippen LogP contribution in [0.4, 0.5) is 5.69 Å². The molecular weight excluding hydrogens is 244 g/mol. The first-order valence-electron chi connectivity index (χ1n) is 5.50. The smallest absolute Gasteiger partial charge is 0.216 e. The van der Waals surface area contributed by atoms with Crippen molar-refractivity contribution < 1.29 is 4.74 Å². The highest BCUT2D eigenvalue weighted by Gasteiger charge is 2.06. The van der Waals surface area contributed by atoms with E-state index in [9.17, 15) is 0 Å². The Balaban J connectivity index is 2.20. The molecule has 0 saturated carbocycles. The van der Waals surface area contributed by atoms with Crippen molar-refractivity contribution in [3.8, 4) is 11.8 Å². The zero-order valence-corrected chi connectivity index (χ0v) is 10.5. The first kappa shape index (κ1) is 12.6. The highest BCUT2D eigenvalue weighted by Crippen LogP contribution is 2.21. The summed E-state index contributed by atoms with van der Waals surface area (Å²) in [6.07, 6.45) is 1.54. The second-order valence-corrected chi connectivity index (χ2v) is 3.73. The first-order chi connectivity index (χ1) is 9.24. The van der Waals surface area contributed by atoms with E-state index in [2.05, 4.69) is 25.9 Å². The number of hydrogen-bond donors (Lipinski definition) is 2. The van der Waals surface area contributed by atoms with E-state index in [0.717, 1.165) is 17.0 Å². The second-order valence-electron chi connectivity index (χ2n) is 3.73. The summed E-state index contributed by atoms with van der Waals surface area (Å²) in [7, 11) is 1.62. The van der Waals surface area contributed by atoms with Gasteiger partial charge >= 0.3 is 0 Å². The summed E-state index contributed by atoms with van der Waals surface area (Å²) in [5.41, 5.74) is 2.17. The SMILES string of the molecule is COc1ccc(NC=C(C#N)c2nn[nH]n2)c(C)c1. The molecule has 0 bridgehead atoms. The van der Waals surface area contributed by atoms with Crippen LogP contribution in [0.2, 0.25) is 0 Å². The van der Waals surface area contributed by atoms with E-state index in [1.54, 1.807) is 13.3 Å². The Labute approximate surface area is 109 Å². The van der Waals surface area contributed by atoms with Gasteiger partial charge in [0, 0.05) is 11.9 Å². The lowest BCUT2D eigenvalue weighted by Gasteiger charge is -2.07. The van der Waals surface area contributed by atoms with Gasteiger partial charge in [0.2, 0.25) is 5.82 Å². The van der Waals surface area contributed by atoms with E-state index in [1.807, 2.05) is 31.2 Å². The van der Waals surface area contributed by atoms with Crippen molar-refractivity contribution >= 4 is 11.3 Å². The number of methoxy groups -OCH3 is 1. The summed E-state index contributed by atoms with van der Waals surface area (Å²) < 4.78 is 5.13. The molecule has 0 unspecified atom stereocenters. The normalized spacial score (nSPS) is 10.9. The topological polar surface area (TPSA) is 99.5 Å². The molecule has 0 amide bonds. The van der Waals surface area contributed by atoms with Crippen LogP contribution < -0.4 is 10.1 Å². The van der Waals surface area contributed by atoms with Crippen molar-refractivity contribution in [2.75, 3.05) is 12.4 Å². The Morgan fingerprint density at radius 1 is 1.53 bits per heavy atom. The lowest BCUT2D eigenvalue weighted by molar-refractivity contribution is 0.414. The van der Waals surface area contributed by atoms with Gasteiger partial charge < -0.3 is 10.1 Å². The molecule has 0 saturated heterocycles. The minimum atomic E-state index is 0.251. The molecule has 0 aliphatic carbocycles. The van der Waals surface area contributed by atoms with E-state index >= 15 is 0 Å². The van der Waals surface area contributed by atoms with Gasteiger partial charge in [0.1, 0.15) is 17.4 Å². The van der Waals surface area contributed by atoms with Crippen LogP contribution in [0.25, 0.3) is 5.57 Å². The number of aromatic amines is 1. The predicted octanol–water partition coefficient (Wildman–Crippen LogP) is 1.49. The lowest BCUT2D eigenvalue weighted by atomic mass is 10.2. The van der Waals surface area contributed by atoms with Crippen LogP contribution >= 0.6 is 0 Å². The number of tetrazole rings is 1. The third kappa shape index (κ3) is 2.87. The number of H-pyrrole nitrogens is 1. The summed E-state index contributed by atoms with van der Waals surface area (Å²) in [6, 6.07) is 7.61. The van der Waals surface area contributed by atoms with Crippen LogP contribution in [0.5, 0.6) is 5.75 Å². The third-order valence-corrected chi connectivity index (χ3v) is 2.51. The Morgan fingerprint density at radius 3 is 2.95 bits per heavy atom. The molecule has 2 N–H and O–H groups in total. The molecule has 19 heavy (non-hydrogen) atoms. The molecule has 0 radical (unpaired) electrons. The molecule has 0 aliphatic heterocycles. The van der Waals surface area contributed by atoms with Gasteiger partial charge in [0.15, 0.2) is 0 Å². The number of aromatic nitrogens is 4. The monoisotopic (exact) mass is 256 g/mol. The molecule has 2 aromatic rings. The van der Waals surface area contributed by atoms with Crippen molar-refractivity contribution in [1.82, 2.24) is 20.6 Å². The van der Waals surface area contributed by atoms with Gasteiger partial charge in [-0.2, -0.15) is 10.5 Å². The second kappa shape index (κ2) is 5.64. The summed E-state index contributed by atoms with van der Waals surface area (Å²) in [4.78, 5) is 0. The number of rotatable bonds is 4. The van der Waals surface area contributed by atoms with Crippen molar-refractivity contribution in [2.45, 2.75) is 6.92 Å². The van der Waals surface area contributed by atoms with E-state index in [1.165, 1.54) is 0 Å². The maximum atomic E-state index is 9.03. The molecular formula is C12H12N6O. The highest BCUT2D eigenvalue weighted by molar-refractivity contribution is 5.74. The van der Waals surface area contributed by atoms with Crippen LogP contribution in [0, 0.1) is 18.3 Å². The number of nitrogens with zero attached hydrogens (tertiary/aromatic N) is 4. The zero-order chi connectivity index (χ0) is 13.7. The van der Waals surface area contributed by atoms with E-state index in [0.29, 0.717) is 5.57 Å². The quantitative estimate of drug-likeness (QED) is 0.804. The molecule has 1 heterocycles.